The van der Waals surface area contributed by atoms with Crippen molar-refractivity contribution in [2.24, 2.45) is 5.41 Å². The van der Waals surface area contributed by atoms with Crippen LogP contribution >= 0.6 is 0 Å². The van der Waals surface area contributed by atoms with Crippen LogP contribution in [0.15, 0.2) is 18.2 Å². The zero-order chi connectivity index (χ0) is 15.0. The molecule has 2 atom stereocenters. The number of rotatable bonds is 2. The second-order valence-corrected chi connectivity index (χ2v) is 6.08. The minimum Gasteiger partial charge on any atom is -0.350 e. The van der Waals surface area contributed by atoms with Crippen molar-refractivity contribution in [1.29, 1.82) is 0 Å². The normalized spacial score (nSPS) is 28.9. The number of hydrogen-bond acceptors (Lipinski definition) is 1. The van der Waals surface area contributed by atoms with Crippen molar-refractivity contribution < 1.29 is 18.0 Å². The number of nitrogens with one attached hydrogen (secondary N) is 2. The fourth-order valence-corrected chi connectivity index (χ4v) is 3.21. The van der Waals surface area contributed by atoms with E-state index in [1.165, 1.54) is 12.1 Å². The predicted molar refractivity (Wildman–Crippen MR) is 70.9 cm³/mol. The molecular formula is C15H13F3N2O. The molecule has 2 N–H and O–H groups in total. The summed E-state index contributed by atoms with van der Waals surface area (Å²) in [6, 6.07) is 3.78. The molecule has 4 rings (SSSR count). The summed E-state index contributed by atoms with van der Waals surface area (Å²) in [7, 11) is 0. The maximum Gasteiger partial charge on any atom is 0.268 e. The van der Waals surface area contributed by atoms with Crippen LogP contribution in [-0.2, 0) is 0 Å². The van der Waals surface area contributed by atoms with E-state index in [9.17, 15) is 18.0 Å². The van der Waals surface area contributed by atoms with Gasteiger partial charge < -0.3 is 10.3 Å². The molecule has 6 heteroatoms. The SMILES string of the molecule is Cc1c(C(=O)NC2CC23CC3(F)F)[nH]c2cc(F)ccc12. The van der Waals surface area contributed by atoms with E-state index in [1.54, 1.807) is 13.0 Å². The van der Waals surface area contributed by atoms with Gasteiger partial charge in [-0.3, -0.25) is 4.79 Å². The number of aryl methyl sites for hydroxylation is 1. The van der Waals surface area contributed by atoms with Crippen LogP contribution in [0, 0.1) is 18.2 Å². The molecule has 2 unspecified atom stereocenters. The highest BCUT2D eigenvalue weighted by Crippen LogP contribution is 2.75. The van der Waals surface area contributed by atoms with Crippen molar-refractivity contribution in [3.8, 4) is 0 Å². The third-order valence-electron chi connectivity index (χ3n) is 4.77. The molecule has 2 fully saturated rings. The van der Waals surface area contributed by atoms with E-state index in [2.05, 4.69) is 10.3 Å². The van der Waals surface area contributed by atoms with Crippen LogP contribution in [0.25, 0.3) is 10.9 Å². The van der Waals surface area contributed by atoms with Gasteiger partial charge in [-0.25, -0.2) is 13.2 Å². The highest BCUT2D eigenvalue weighted by molar-refractivity contribution is 6.01. The Morgan fingerprint density at radius 2 is 2.14 bits per heavy atom. The fourth-order valence-electron chi connectivity index (χ4n) is 3.21. The molecule has 1 amide bonds. The Morgan fingerprint density at radius 1 is 1.43 bits per heavy atom. The molecule has 0 radical (unpaired) electrons. The molecule has 2 aromatic rings. The number of benzene rings is 1. The lowest BCUT2D eigenvalue weighted by atomic mass is 10.1. The number of H-pyrrole nitrogens is 1. The second-order valence-electron chi connectivity index (χ2n) is 6.08. The van der Waals surface area contributed by atoms with Gasteiger partial charge in [0.15, 0.2) is 0 Å². The molecule has 0 aliphatic heterocycles. The Bertz CT molecular complexity index is 783. The van der Waals surface area contributed by atoms with Gasteiger partial charge in [-0.05, 0) is 37.1 Å². The molecule has 2 aliphatic rings. The Morgan fingerprint density at radius 3 is 2.76 bits per heavy atom. The molecule has 1 spiro atoms. The number of fused-ring (bicyclic) bond motifs is 1. The summed E-state index contributed by atoms with van der Waals surface area (Å²) in [6.45, 7) is 1.75. The number of carbonyl (C=O) groups is 1. The van der Waals surface area contributed by atoms with Crippen molar-refractivity contribution in [2.45, 2.75) is 31.7 Å². The summed E-state index contributed by atoms with van der Waals surface area (Å²) in [5.41, 5.74) is 0.538. The van der Waals surface area contributed by atoms with E-state index in [1.807, 2.05) is 0 Å². The highest BCUT2D eigenvalue weighted by Gasteiger charge is 2.84. The minimum absolute atomic E-state index is 0.137. The van der Waals surface area contributed by atoms with Crippen LogP contribution in [0.3, 0.4) is 0 Å². The number of amides is 1. The molecule has 21 heavy (non-hydrogen) atoms. The van der Waals surface area contributed by atoms with Crippen LogP contribution < -0.4 is 5.32 Å². The zero-order valence-electron chi connectivity index (χ0n) is 11.3. The molecule has 2 saturated carbocycles. The number of hydrogen-bond donors (Lipinski definition) is 2. The molecule has 0 bridgehead atoms. The van der Waals surface area contributed by atoms with E-state index in [0.29, 0.717) is 23.2 Å². The fraction of sp³-hybridized carbons (Fsp3) is 0.400. The Kier molecular flexibility index (Phi) is 2.19. The first kappa shape index (κ1) is 12.7. The van der Waals surface area contributed by atoms with E-state index in [0.717, 1.165) is 5.39 Å². The summed E-state index contributed by atoms with van der Waals surface area (Å²) in [5.74, 6) is -3.44. The molecule has 1 heterocycles. The molecule has 0 saturated heterocycles. The number of aromatic amines is 1. The van der Waals surface area contributed by atoms with Crippen LogP contribution in [0.2, 0.25) is 0 Å². The van der Waals surface area contributed by atoms with Gasteiger partial charge in [0, 0.05) is 23.4 Å². The molecule has 1 aromatic carbocycles. The quantitative estimate of drug-likeness (QED) is 0.878. The minimum atomic E-state index is -2.64. The van der Waals surface area contributed by atoms with Crippen molar-refractivity contribution >= 4 is 16.8 Å². The first-order valence-electron chi connectivity index (χ1n) is 6.81. The smallest absolute Gasteiger partial charge is 0.268 e. The first-order chi connectivity index (χ1) is 9.84. The number of alkyl halides is 2. The van der Waals surface area contributed by atoms with Crippen molar-refractivity contribution in [3.63, 3.8) is 0 Å². The third-order valence-corrected chi connectivity index (χ3v) is 4.77. The summed E-state index contributed by atoms with van der Waals surface area (Å²) in [6.07, 6.45) is 0.196. The second kappa shape index (κ2) is 3.61. The standard InChI is InChI=1S/C15H13F3N2O/c1-7-9-3-2-8(16)4-10(9)19-12(7)13(21)20-11-5-14(11)6-15(14,17)18/h2-4,11,19H,5-6H2,1H3,(H,20,21). The maximum atomic E-state index is 13.2. The molecule has 2 aliphatic carbocycles. The van der Waals surface area contributed by atoms with Crippen LogP contribution in [0.1, 0.15) is 28.9 Å². The lowest BCUT2D eigenvalue weighted by Gasteiger charge is -2.03. The molecular weight excluding hydrogens is 281 g/mol. The molecule has 110 valence electrons. The van der Waals surface area contributed by atoms with Gasteiger partial charge in [-0.2, -0.15) is 0 Å². The average Bonchev–Trinajstić information content (AvgIpc) is 3.17. The van der Waals surface area contributed by atoms with E-state index >= 15 is 0 Å². The van der Waals surface area contributed by atoms with Crippen molar-refractivity contribution in [2.75, 3.05) is 0 Å². The van der Waals surface area contributed by atoms with E-state index < -0.39 is 29.1 Å². The first-order valence-corrected chi connectivity index (χ1v) is 6.81. The Hall–Kier alpha value is -1.98. The van der Waals surface area contributed by atoms with Gasteiger partial charge in [0.05, 0.1) is 5.41 Å². The van der Waals surface area contributed by atoms with Gasteiger partial charge >= 0.3 is 0 Å². The largest absolute Gasteiger partial charge is 0.350 e. The Labute approximate surface area is 118 Å². The summed E-state index contributed by atoms with van der Waals surface area (Å²) in [4.78, 5) is 15.1. The van der Waals surface area contributed by atoms with E-state index in [-0.39, 0.29) is 6.42 Å². The number of halogens is 3. The predicted octanol–water partition coefficient (Wildman–Crippen LogP) is 3.14. The lowest BCUT2D eigenvalue weighted by Crippen LogP contribution is -2.28. The summed E-state index contributed by atoms with van der Waals surface area (Å²) < 4.78 is 39.5. The highest BCUT2D eigenvalue weighted by atomic mass is 19.3. The van der Waals surface area contributed by atoms with Crippen LogP contribution in [0.4, 0.5) is 13.2 Å². The van der Waals surface area contributed by atoms with Gasteiger partial charge in [0.2, 0.25) is 0 Å². The lowest BCUT2D eigenvalue weighted by molar-refractivity contribution is 0.0866. The van der Waals surface area contributed by atoms with Gasteiger partial charge in [-0.1, -0.05) is 0 Å². The monoisotopic (exact) mass is 294 g/mol. The van der Waals surface area contributed by atoms with Crippen molar-refractivity contribution in [1.82, 2.24) is 10.3 Å². The van der Waals surface area contributed by atoms with Crippen molar-refractivity contribution in [3.05, 3.63) is 35.3 Å². The molecule has 1 aromatic heterocycles. The van der Waals surface area contributed by atoms with Gasteiger partial charge in [0.25, 0.3) is 11.8 Å². The number of aromatic nitrogens is 1. The van der Waals surface area contributed by atoms with Crippen LogP contribution in [0.5, 0.6) is 0 Å². The van der Waals surface area contributed by atoms with Gasteiger partial charge in [0.1, 0.15) is 11.5 Å². The maximum absolute atomic E-state index is 13.2. The topological polar surface area (TPSA) is 44.9 Å². The Balaban J connectivity index is 1.59. The summed E-state index contributed by atoms with van der Waals surface area (Å²) >= 11 is 0. The third kappa shape index (κ3) is 1.65. The van der Waals surface area contributed by atoms with Crippen LogP contribution in [-0.4, -0.2) is 22.9 Å². The summed E-state index contributed by atoms with van der Waals surface area (Å²) in [5, 5.41) is 3.40. The zero-order valence-corrected chi connectivity index (χ0v) is 11.3. The van der Waals surface area contributed by atoms with E-state index in [4.69, 9.17) is 0 Å². The number of carbonyl (C=O) groups excluding carboxylic acids is 1. The average molecular weight is 294 g/mol. The van der Waals surface area contributed by atoms with Gasteiger partial charge in [-0.15, -0.1) is 0 Å². The molecule has 3 nitrogen and oxygen atoms in total.